The molecule has 0 unspecified atom stereocenters. The molecule has 1 rings (SSSR count). The third-order valence-electron chi connectivity index (χ3n) is 3.24. The topological polar surface area (TPSA) is 9.23 Å². The first-order valence-corrected chi connectivity index (χ1v) is 7.61. The average Bonchev–Trinajstić information content (AvgIpc) is 2.43. The lowest BCUT2D eigenvalue weighted by Gasteiger charge is -2.25. The molecule has 0 radical (unpaired) electrons. The van der Waals surface area contributed by atoms with Crippen molar-refractivity contribution in [3.8, 4) is 5.75 Å². The molecule has 0 aliphatic rings. The van der Waals surface area contributed by atoms with Gasteiger partial charge in [0.1, 0.15) is 11.4 Å². The molecule has 0 bridgehead atoms. The summed E-state index contributed by atoms with van der Waals surface area (Å²) in [6.07, 6.45) is 13.0. The molecule has 0 spiro atoms. The minimum absolute atomic E-state index is 0.162. The summed E-state index contributed by atoms with van der Waals surface area (Å²) in [5, 5.41) is 0. The molecule has 0 aliphatic heterocycles. The van der Waals surface area contributed by atoms with E-state index in [0.717, 1.165) is 31.4 Å². The fraction of sp³-hybridized carbons (Fsp3) is 0.474. The molecule has 0 atom stereocenters. The summed E-state index contributed by atoms with van der Waals surface area (Å²) in [6, 6.07) is 8.41. The summed E-state index contributed by atoms with van der Waals surface area (Å²) in [4.78, 5) is 0. The number of aryl methyl sites for hydroxylation is 1. The van der Waals surface area contributed by atoms with Crippen molar-refractivity contribution < 1.29 is 4.74 Å². The van der Waals surface area contributed by atoms with E-state index in [9.17, 15) is 0 Å². The van der Waals surface area contributed by atoms with E-state index >= 15 is 0 Å². The zero-order valence-corrected chi connectivity index (χ0v) is 13.4. The lowest BCUT2D eigenvalue weighted by Crippen LogP contribution is -2.27. The van der Waals surface area contributed by atoms with Crippen LogP contribution in [0.1, 0.15) is 52.5 Å². The van der Waals surface area contributed by atoms with Crippen LogP contribution in [-0.4, -0.2) is 5.60 Å². The van der Waals surface area contributed by atoms with Gasteiger partial charge >= 0.3 is 0 Å². The van der Waals surface area contributed by atoms with E-state index in [1.54, 1.807) is 0 Å². The first-order chi connectivity index (χ1) is 9.57. The van der Waals surface area contributed by atoms with Crippen LogP contribution >= 0.6 is 0 Å². The van der Waals surface area contributed by atoms with Crippen molar-refractivity contribution in [1.29, 1.82) is 0 Å². The number of ether oxygens (including phenoxy) is 1. The second kappa shape index (κ2) is 8.63. The fourth-order valence-electron chi connectivity index (χ4n) is 2.00. The normalized spacial score (nSPS) is 12.4. The van der Waals surface area contributed by atoms with Crippen LogP contribution in [-0.2, 0) is 6.42 Å². The number of benzene rings is 1. The number of hydrogen-bond acceptors (Lipinski definition) is 1. The van der Waals surface area contributed by atoms with Crippen LogP contribution in [0.5, 0.6) is 5.75 Å². The predicted molar refractivity (Wildman–Crippen MR) is 88.3 cm³/mol. The molecule has 1 aromatic carbocycles. The maximum Gasteiger partial charge on any atom is 0.120 e. The highest BCUT2D eigenvalue weighted by Gasteiger charge is 2.17. The number of allylic oxidation sites excluding steroid dienone is 3. The van der Waals surface area contributed by atoms with Crippen molar-refractivity contribution in [3.63, 3.8) is 0 Å². The fourth-order valence-corrected chi connectivity index (χ4v) is 2.00. The Morgan fingerprint density at radius 2 is 1.65 bits per heavy atom. The van der Waals surface area contributed by atoms with Crippen LogP contribution in [0.2, 0.25) is 0 Å². The zero-order chi connectivity index (χ0) is 14.8. The summed E-state index contributed by atoms with van der Waals surface area (Å²) in [5.41, 5.74) is 1.18. The van der Waals surface area contributed by atoms with E-state index in [0.29, 0.717) is 0 Å². The summed E-state index contributed by atoms with van der Waals surface area (Å²) < 4.78 is 6.06. The smallest absolute Gasteiger partial charge is 0.120 e. The second-order valence-electron chi connectivity index (χ2n) is 5.68. The van der Waals surface area contributed by atoms with Gasteiger partial charge in [0.15, 0.2) is 0 Å². The van der Waals surface area contributed by atoms with Crippen molar-refractivity contribution >= 4 is 0 Å². The monoisotopic (exact) mass is 272 g/mol. The molecule has 1 heteroatoms. The molecular weight excluding hydrogens is 244 g/mol. The van der Waals surface area contributed by atoms with E-state index in [4.69, 9.17) is 4.74 Å². The van der Waals surface area contributed by atoms with Crippen molar-refractivity contribution in [2.24, 2.45) is 0 Å². The summed E-state index contributed by atoms with van der Waals surface area (Å²) >= 11 is 0. The predicted octanol–water partition coefficient (Wildman–Crippen LogP) is 5.71. The van der Waals surface area contributed by atoms with E-state index in [1.807, 2.05) is 0 Å². The van der Waals surface area contributed by atoms with E-state index in [2.05, 4.69) is 76.3 Å². The lowest BCUT2D eigenvalue weighted by atomic mass is 10.0. The molecule has 0 aliphatic carbocycles. The van der Waals surface area contributed by atoms with Crippen LogP contribution < -0.4 is 4.74 Å². The van der Waals surface area contributed by atoms with Gasteiger partial charge in [0, 0.05) is 6.42 Å². The van der Waals surface area contributed by atoms with Gasteiger partial charge in [-0.25, -0.2) is 0 Å². The molecule has 1 aromatic rings. The molecule has 0 saturated carbocycles. The molecule has 0 N–H and O–H groups in total. The quantitative estimate of drug-likeness (QED) is 0.435. The van der Waals surface area contributed by atoms with Gasteiger partial charge in [-0.2, -0.15) is 0 Å². The Balaban J connectivity index is 2.43. The van der Waals surface area contributed by atoms with Gasteiger partial charge in [0.25, 0.3) is 0 Å². The highest BCUT2D eigenvalue weighted by atomic mass is 16.5. The van der Waals surface area contributed by atoms with E-state index in [1.165, 1.54) is 5.56 Å². The van der Waals surface area contributed by atoms with Gasteiger partial charge < -0.3 is 4.74 Å². The van der Waals surface area contributed by atoms with Gasteiger partial charge in [-0.1, -0.05) is 43.4 Å². The molecule has 0 saturated heterocycles. The van der Waals surface area contributed by atoms with E-state index < -0.39 is 0 Å². The van der Waals surface area contributed by atoms with Crippen LogP contribution in [0, 0.1) is 0 Å². The highest BCUT2D eigenvalue weighted by Crippen LogP contribution is 2.22. The minimum atomic E-state index is -0.162. The molecule has 0 fully saturated rings. The summed E-state index contributed by atoms with van der Waals surface area (Å²) in [7, 11) is 0. The molecule has 0 aromatic heterocycles. The van der Waals surface area contributed by atoms with Crippen molar-refractivity contribution in [1.82, 2.24) is 0 Å². The molecular formula is C19H28O. The maximum atomic E-state index is 6.06. The Morgan fingerprint density at radius 1 is 1.00 bits per heavy atom. The molecule has 110 valence electrons. The van der Waals surface area contributed by atoms with Crippen LogP contribution in [0.15, 0.2) is 48.6 Å². The van der Waals surface area contributed by atoms with Gasteiger partial charge in [0.2, 0.25) is 0 Å². The maximum absolute atomic E-state index is 6.06. The highest BCUT2D eigenvalue weighted by molar-refractivity contribution is 5.27. The van der Waals surface area contributed by atoms with Crippen molar-refractivity contribution in [2.75, 3.05) is 0 Å². The Hall–Kier alpha value is -1.50. The van der Waals surface area contributed by atoms with Gasteiger partial charge in [-0.15, -0.1) is 0 Å². The SMILES string of the molecule is C/C=C/CC/C=C/CC(C)(C)Oc1ccc(CC)cc1. The van der Waals surface area contributed by atoms with Crippen molar-refractivity contribution in [3.05, 3.63) is 54.1 Å². The van der Waals surface area contributed by atoms with E-state index in [-0.39, 0.29) is 5.60 Å². The second-order valence-corrected chi connectivity index (χ2v) is 5.68. The van der Waals surface area contributed by atoms with Gasteiger partial charge in [-0.05, 0) is 57.7 Å². The standard InChI is InChI=1S/C19H28O/c1-5-7-8-9-10-11-16-19(3,4)20-18-14-12-17(6-2)13-15-18/h5,7,10-15H,6,8-9,16H2,1-4H3/b7-5+,11-10+. The third kappa shape index (κ3) is 6.60. The van der Waals surface area contributed by atoms with Gasteiger partial charge in [0.05, 0.1) is 0 Å². The van der Waals surface area contributed by atoms with Gasteiger partial charge in [-0.3, -0.25) is 0 Å². The van der Waals surface area contributed by atoms with Crippen LogP contribution in [0.4, 0.5) is 0 Å². The molecule has 0 heterocycles. The molecule has 1 nitrogen and oxygen atoms in total. The number of rotatable bonds is 8. The Bertz CT molecular complexity index is 424. The van der Waals surface area contributed by atoms with Crippen LogP contribution in [0.25, 0.3) is 0 Å². The van der Waals surface area contributed by atoms with Crippen LogP contribution in [0.3, 0.4) is 0 Å². The first kappa shape index (κ1) is 16.6. The largest absolute Gasteiger partial charge is 0.488 e. The first-order valence-electron chi connectivity index (χ1n) is 7.61. The number of hydrogen-bond donors (Lipinski definition) is 0. The summed E-state index contributed by atoms with van der Waals surface area (Å²) in [6.45, 7) is 8.50. The number of unbranched alkanes of at least 4 members (excludes halogenated alkanes) is 1. The minimum Gasteiger partial charge on any atom is -0.488 e. The molecule has 20 heavy (non-hydrogen) atoms. The average molecular weight is 272 g/mol. The lowest BCUT2D eigenvalue weighted by molar-refractivity contribution is 0.113. The Kier molecular flexibility index (Phi) is 7.14. The molecule has 0 amide bonds. The Morgan fingerprint density at radius 3 is 2.25 bits per heavy atom. The third-order valence-corrected chi connectivity index (χ3v) is 3.24. The zero-order valence-electron chi connectivity index (χ0n) is 13.4. The summed E-state index contributed by atoms with van der Waals surface area (Å²) in [5.74, 6) is 0.953. The Labute approximate surface area is 124 Å². The van der Waals surface area contributed by atoms with Crippen molar-refractivity contribution in [2.45, 2.75) is 59.0 Å².